The molecule has 1 aliphatic heterocycles. The Morgan fingerprint density at radius 2 is 1.86 bits per heavy atom. The van der Waals surface area contributed by atoms with Crippen LogP contribution in [-0.4, -0.2) is 64.1 Å². The number of halogens is 1. The lowest BCUT2D eigenvalue weighted by Crippen LogP contribution is -2.44. The van der Waals surface area contributed by atoms with Gasteiger partial charge in [-0.2, -0.15) is 0 Å². The predicted octanol–water partition coefficient (Wildman–Crippen LogP) is 3.37. The molecule has 0 spiro atoms. The summed E-state index contributed by atoms with van der Waals surface area (Å²) in [5.74, 6) is -0.384. The molecule has 3 aromatic heterocycles. The highest BCUT2D eigenvalue weighted by molar-refractivity contribution is 5.81. The standard InChI is InChI=1S/C27H31FN6O2/c1-31-11-13-34(14-12-31)25-16-26-23(15-24(25)28)27(35)22(19-36-26)18-33(17-21-3-5-29-6-4-21)9-2-8-32-10-7-30-20-32/h3-7,10,15-16,19-20H,2,8-9,11-14,17-18H2,1H3. The van der Waals surface area contributed by atoms with Gasteiger partial charge in [0.25, 0.3) is 0 Å². The van der Waals surface area contributed by atoms with Crippen molar-refractivity contribution < 1.29 is 8.81 Å². The first-order valence-corrected chi connectivity index (χ1v) is 12.3. The van der Waals surface area contributed by atoms with Crippen LogP contribution in [0, 0.1) is 5.82 Å². The van der Waals surface area contributed by atoms with Crippen molar-refractivity contribution in [1.29, 1.82) is 0 Å². The van der Waals surface area contributed by atoms with E-state index in [2.05, 4.69) is 26.8 Å². The average Bonchev–Trinajstić information content (AvgIpc) is 3.41. The van der Waals surface area contributed by atoms with Gasteiger partial charge in [-0.05, 0) is 37.2 Å². The van der Waals surface area contributed by atoms with E-state index in [0.717, 1.165) is 51.3 Å². The Kier molecular flexibility index (Phi) is 7.39. The molecular formula is C27H31FN6O2. The molecule has 4 heterocycles. The summed E-state index contributed by atoms with van der Waals surface area (Å²) in [6, 6.07) is 6.95. The molecule has 1 aliphatic rings. The van der Waals surface area contributed by atoms with Crippen molar-refractivity contribution in [2.75, 3.05) is 44.7 Å². The zero-order valence-electron chi connectivity index (χ0n) is 20.5. The van der Waals surface area contributed by atoms with E-state index in [4.69, 9.17) is 4.42 Å². The van der Waals surface area contributed by atoms with Crippen LogP contribution in [0.3, 0.4) is 0 Å². The summed E-state index contributed by atoms with van der Waals surface area (Å²) >= 11 is 0. The van der Waals surface area contributed by atoms with E-state index >= 15 is 4.39 Å². The first-order valence-electron chi connectivity index (χ1n) is 12.3. The van der Waals surface area contributed by atoms with Crippen LogP contribution in [0.15, 0.2) is 70.9 Å². The maximum absolute atomic E-state index is 15.1. The van der Waals surface area contributed by atoms with Crippen LogP contribution in [0.1, 0.15) is 17.5 Å². The Balaban J connectivity index is 1.36. The SMILES string of the molecule is CN1CCN(c2cc3occ(CN(CCCn4ccnc4)Cc4ccncc4)c(=O)c3cc2F)CC1. The largest absolute Gasteiger partial charge is 0.464 e. The number of aromatic nitrogens is 3. The second-order valence-electron chi connectivity index (χ2n) is 9.40. The summed E-state index contributed by atoms with van der Waals surface area (Å²) in [7, 11) is 2.06. The van der Waals surface area contributed by atoms with Crippen LogP contribution in [0.4, 0.5) is 10.1 Å². The van der Waals surface area contributed by atoms with Gasteiger partial charge in [0, 0.05) is 88.8 Å². The first kappa shape index (κ1) is 24.1. The summed E-state index contributed by atoms with van der Waals surface area (Å²) in [4.78, 5) is 28.0. The summed E-state index contributed by atoms with van der Waals surface area (Å²) in [5.41, 5.74) is 2.35. The molecule has 1 fully saturated rings. The second-order valence-corrected chi connectivity index (χ2v) is 9.40. The van der Waals surface area contributed by atoms with Crippen molar-refractivity contribution >= 4 is 16.7 Å². The van der Waals surface area contributed by atoms with E-state index in [1.54, 1.807) is 31.0 Å². The van der Waals surface area contributed by atoms with Crippen molar-refractivity contribution in [3.63, 3.8) is 0 Å². The van der Waals surface area contributed by atoms with E-state index in [1.807, 2.05) is 27.8 Å². The minimum Gasteiger partial charge on any atom is -0.464 e. The number of hydrogen-bond acceptors (Lipinski definition) is 7. The zero-order chi connectivity index (χ0) is 24.9. The van der Waals surface area contributed by atoms with Gasteiger partial charge in [-0.3, -0.25) is 14.7 Å². The monoisotopic (exact) mass is 490 g/mol. The Bertz CT molecular complexity index is 1330. The molecule has 0 amide bonds. The number of piperazine rings is 1. The zero-order valence-corrected chi connectivity index (χ0v) is 20.5. The number of imidazole rings is 1. The van der Waals surface area contributed by atoms with Gasteiger partial charge < -0.3 is 18.8 Å². The first-order chi connectivity index (χ1) is 17.6. The highest BCUT2D eigenvalue weighted by atomic mass is 19.1. The average molecular weight is 491 g/mol. The number of nitrogens with zero attached hydrogens (tertiary/aromatic N) is 6. The van der Waals surface area contributed by atoms with Gasteiger partial charge in [0.2, 0.25) is 0 Å². The second kappa shape index (κ2) is 11.0. The van der Waals surface area contributed by atoms with Gasteiger partial charge in [-0.15, -0.1) is 0 Å². The van der Waals surface area contributed by atoms with E-state index in [9.17, 15) is 4.79 Å². The van der Waals surface area contributed by atoms with Gasteiger partial charge >= 0.3 is 0 Å². The lowest BCUT2D eigenvalue weighted by Gasteiger charge is -2.34. The molecule has 0 radical (unpaired) electrons. The highest BCUT2D eigenvalue weighted by Crippen LogP contribution is 2.26. The fraction of sp³-hybridized carbons (Fsp3) is 0.370. The van der Waals surface area contributed by atoms with Gasteiger partial charge in [0.15, 0.2) is 5.43 Å². The molecule has 0 atom stereocenters. The lowest BCUT2D eigenvalue weighted by atomic mass is 10.1. The van der Waals surface area contributed by atoms with Gasteiger partial charge in [0.1, 0.15) is 11.4 Å². The van der Waals surface area contributed by atoms with Crippen LogP contribution >= 0.6 is 0 Å². The third-order valence-corrected chi connectivity index (χ3v) is 6.76. The molecular weight excluding hydrogens is 459 g/mol. The molecule has 0 bridgehead atoms. The van der Waals surface area contributed by atoms with Crippen molar-refractivity contribution in [2.24, 2.45) is 0 Å². The van der Waals surface area contributed by atoms with Crippen molar-refractivity contribution in [1.82, 2.24) is 24.3 Å². The third kappa shape index (κ3) is 5.63. The van der Waals surface area contributed by atoms with E-state index < -0.39 is 0 Å². The summed E-state index contributed by atoms with van der Waals surface area (Å²) < 4.78 is 23.0. The Morgan fingerprint density at radius 3 is 2.61 bits per heavy atom. The fourth-order valence-electron chi connectivity index (χ4n) is 4.67. The van der Waals surface area contributed by atoms with E-state index in [1.165, 1.54) is 12.3 Å². The minimum absolute atomic E-state index is 0.186. The molecule has 36 heavy (non-hydrogen) atoms. The quantitative estimate of drug-likeness (QED) is 0.356. The molecule has 0 unspecified atom stereocenters. The van der Waals surface area contributed by atoms with Crippen LogP contribution in [0.25, 0.3) is 11.0 Å². The van der Waals surface area contributed by atoms with E-state index in [0.29, 0.717) is 29.9 Å². The number of anilines is 1. The number of rotatable bonds is 9. The lowest BCUT2D eigenvalue weighted by molar-refractivity contribution is 0.246. The number of hydrogen-bond donors (Lipinski definition) is 0. The Morgan fingerprint density at radius 1 is 1.06 bits per heavy atom. The Labute approximate surface area is 209 Å². The molecule has 0 aliphatic carbocycles. The number of benzene rings is 1. The molecule has 0 N–H and O–H groups in total. The highest BCUT2D eigenvalue weighted by Gasteiger charge is 2.20. The molecule has 8 nitrogen and oxygen atoms in total. The smallest absolute Gasteiger partial charge is 0.197 e. The molecule has 9 heteroatoms. The van der Waals surface area contributed by atoms with Crippen molar-refractivity contribution in [2.45, 2.75) is 26.1 Å². The van der Waals surface area contributed by atoms with Crippen molar-refractivity contribution in [3.8, 4) is 0 Å². The normalized spacial score (nSPS) is 14.7. The van der Waals surface area contributed by atoms with Gasteiger partial charge in [-0.1, -0.05) is 0 Å². The molecule has 5 rings (SSSR count). The van der Waals surface area contributed by atoms with Gasteiger partial charge in [0.05, 0.1) is 23.7 Å². The maximum Gasteiger partial charge on any atom is 0.197 e. The summed E-state index contributed by atoms with van der Waals surface area (Å²) in [6.07, 6.45) is 11.5. The molecule has 188 valence electrons. The molecule has 0 saturated carbocycles. The van der Waals surface area contributed by atoms with Gasteiger partial charge in [-0.25, -0.2) is 9.37 Å². The third-order valence-electron chi connectivity index (χ3n) is 6.76. The fourth-order valence-corrected chi connectivity index (χ4v) is 4.67. The summed E-state index contributed by atoms with van der Waals surface area (Å²) in [6.45, 7) is 5.90. The van der Waals surface area contributed by atoms with E-state index in [-0.39, 0.29) is 16.6 Å². The van der Waals surface area contributed by atoms with Crippen LogP contribution in [-0.2, 0) is 19.6 Å². The molecule has 1 saturated heterocycles. The number of aryl methyl sites for hydroxylation is 1. The van der Waals surface area contributed by atoms with Crippen LogP contribution < -0.4 is 10.3 Å². The number of likely N-dealkylation sites (N-methyl/N-ethyl adjacent to an activating group) is 1. The molecule has 1 aromatic carbocycles. The number of fused-ring (bicyclic) bond motifs is 1. The Hall–Kier alpha value is -3.56. The minimum atomic E-state index is -0.384. The maximum atomic E-state index is 15.1. The van der Waals surface area contributed by atoms with Crippen molar-refractivity contribution in [3.05, 3.63) is 88.8 Å². The summed E-state index contributed by atoms with van der Waals surface area (Å²) in [5, 5.41) is 0.283. The predicted molar refractivity (Wildman–Crippen MR) is 137 cm³/mol. The number of pyridine rings is 1. The van der Waals surface area contributed by atoms with Crippen LogP contribution in [0.5, 0.6) is 0 Å². The molecule has 4 aromatic rings. The van der Waals surface area contributed by atoms with Crippen LogP contribution in [0.2, 0.25) is 0 Å². The topological polar surface area (TPSA) is 70.6 Å².